The zero-order valence-corrected chi connectivity index (χ0v) is 36.6. The molecule has 0 aromatic carbocycles. The van der Waals surface area contributed by atoms with Crippen molar-refractivity contribution < 1.29 is 85.5 Å². The molecule has 6 saturated heterocycles. The molecule has 0 aliphatic carbocycles. The third-order valence-corrected chi connectivity index (χ3v) is 10.9. The van der Waals surface area contributed by atoms with Gasteiger partial charge in [0, 0.05) is 34.2 Å². The van der Waals surface area contributed by atoms with E-state index >= 15 is 0 Å². The van der Waals surface area contributed by atoms with Gasteiger partial charge in [0.15, 0.2) is 36.2 Å². The summed E-state index contributed by atoms with van der Waals surface area (Å²) in [5.74, 6) is -4.74. The molecular weight excluding hydrogens is 798 g/mol. The molecule has 3 N–H and O–H groups in total. The van der Waals surface area contributed by atoms with Crippen LogP contribution in [0, 0.1) is 0 Å². The van der Waals surface area contributed by atoms with Gasteiger partial charge in [0.2, 0.25) is 11.8 Å². The second kappa shape index (κ2) is 17.8. The van der Waals surface area contributed by atoms with Gasteiger partial charge in [0.05, 0.1) is 31.7 Å². The number of alkyl carbamates (subject to hydrolysis) is 1. The van der Waals surface area contributed by atoms with Gasteiger partial charge < -0.3 is 82.3 Å². The summed E-state index contributed by atoms with van der Waals surface area (Å²) in [5.41, 5.74) is -0.862. The molecule has 6 aliphatic rings. The number of carbonyl (C=O) groups is 4. The standard InChI is InChI=1S/C39H63N3O18/c1-36(2,3)60-35(46)42-18(24-27(49-12)30-33(52-24)58-38(6,7)55-30)15-21(44)40-17(23-26(48-11)29-32(51-23)57-37(4,5)54-29)14-20(43)41-19(16-22(45)47-10)25-28(50-13)31-34(53-25)59-39(8,9)56-31/h17-19,23-34H,14-16H2,1-13H3,(H,40,44)(H,41,43)(H,42,46)/t17?,18?,19-,23-,24+,25?,26+,27+,28+,29-,30-,31-,32-,33-,34-/m1/s1. The summed E-state index contributed by atoms with van der Waals surface area (Å²) in [6.45, 7) is 15.5. The molecule has 0 saturated carbocycles. The summed E-state index contributed by atoms with van der Waals surface area (Å²) in [6.07, 6.45) is -11.6. The molecule has 3 unspecified atom stereocenters. The fourth-order valence-electron chi connectivity index (χ4n) is 8.69. The van der Waals surface area contributed by atoms with E-state index in [0.29, 0.717) is 0 Å². The smallest absolute Gasteiger partial charge is 0.407 e. The predicted octanol–water partition coefficient (Wildman–Crippen LogP) is 0.867. The van der Waals surface area contributed by atoms with Crippen molar-refractivity contribution in [2.24, 2.45) is 0 Å². The molecule has 21 nitrogen and oxygen atoms in total. The molecule has 342 valence electrons. The molecule has 6 aliphatic heterocycles. The van der Waals surface area contributed by atoms with E-state index in [1.165, 1.54) is 28.4 Å². The van der Waals surface area contributed by atoms with E-state index in [0.717, 1.165) is 0 Å². The molecule has 6 fully saturated rings. The van der Waals surface area contributed by atoms with E-state index in [-0.39, 0.29) is 19.3 Å². The van der Waals surface area contributed by atoms with Crippen LogP contribution in [0.2, 0.25) is 0 Å². The van der Waals surface area contributed by atoms with Gasteiger partial charge >= 0.3 is 12.1 Å². The third kappa shape index (κ3) is 10.5. The Balaban J connectivity index is 1.24. The number of amides is 3. The summed E-state index contributed by atoms with van der Waals surface area (Å²) in [6, 6.07) is -3.12. The molecule has 0 aromatic rings. The number of fused-ring (bicyclic) bond motifs is 3. The number of rotatable bonds is 15. The Kier molecular flexibility index (Phi) is 13.8. The maximum atomic E-state index is 14.3. The van der Waals surface area contributed by atoms with Crippen molar-refractivity contribution in [3.05, 3.63) is 0 Å². The van der Waals surface area contributed by atoms with Gasteiger partial charge in [-0.25, -0.2) is 4.79 Å². The first-order valence-corrected chi connectivity index (χ1v) is 20.2. The Hall–Kier alpha value is -2.80. The third-order valence-electron chi connectivity index (χ3n) is 10.9. The average molecular weight is 862 g/mol. The van der Waals surface area contributed by atoms with Gasteiger partial charge in [-0.05, 0) is 62.3 Å². The average Bonchev–Trinajstić information content (AvgIpc) is 3.92. The molecule has 0 spiro atoms. The lowest BCUT2D eigenvalue weighted by Gasteiger charge is -2.34. The van der Waals surface area contributed by atoms with E-state index in [1.54, 1.807) is 62.3 Å². The second-order valence-corrected chi connectivity index (χ2v) is 18.1. The zero-order chi connectivity index (χ0) is 44.1. The maximum absolute atomic E-state index is 14.3. The SMILES string of the molecule is COC(=O)C[C@@H](NC(=O)CC(NC(=O)CC(NC(=O)OC(C)(C)C)[C@@H]1O[C@@H]2OC(C)(C)O[C@@H]2[C@H]1OC)[C@H]1O[C@@H]2OC(C)(C)O[C@@H]2[C@H]1OC)C1O[C@@H]2OC(C)(C)O[C@@H]2[C@H]1OC. The Labute approximate surface area is 349 Å². The minimum absolute atomic E-state index is 0.291. The number of esters is 1. The van der Waals surface area contributed by atoms with Crippen LogP contribution in [0.25, 0.3) is 0 Å². The summed E-state index contributed by atoms with van der Waals surface area (Å²) in [4.78, 5) is 54.4. The Morgan fingerprint density at radius 3 is 1.18 bits per heavy atom. The number of ether oxygens (including phenoxy) is 14. The lowest BCUT2D eigenvalue weighted by Crippen LogP contribution is -2.56. The topological polar surface area (TPSA) is 234 Å². The lowest BCUT2D eigenvalue weighted by molar-refractivity contribution is -0.221. The van der Waals surface area contributed by atoms with Gasteiger partial charge in [0.25, 0.3) is 0 Å². The molecule has 6 rings (SSSR count). The number of hydrogen-bond acceptors (Lipinski definition) is 18. The molecular formula is C39H63N3O18. The molecule has 0 bridgehead atoms. The molecule has 21 heteroatoms. The van der Waals surface area contributed by atoms with Crippen LogP contribution in [0.3, 0.4) is 0 Å². The maximum Gasteiger partial charge on any atom is 0.407 e. The predicted molar refractivity (Wildman–Crippen MR) is 201 cm³/mol. The minimum Gasteiger partial charge on any atom is -0.469 e. The van der Waals surface area contributed by atoms with Crippen molar-refractivity contribution in [3.8, 4) is 0 Å². The highest BCUT2D eigenvalue weighted by atomic mass is 16.9. The van der Waals surface area contributed by atoms with Gasteiger partial charge in [0.1, 0.15) is 60.5 Å². The highest BCUT2D eigenvalue weighted by Gasteiger charge is 2.60. The highest BCUT2D eigenvalue weighted by molar-refractivity contribution is 5.81. The van der Waals surface area contributed by atoms with Crippen molar-refractivity contribution in [1.29, 1.82) is 0 Å². The highest BCUT2D eigenvalue weighted by Crippen LogP contribution is 2.43. The van der Waals surface area contributed by atoms with Gasteiger partial charge in [-0.2, -0.15) is 0 Å². The van der Waals surface area contributed by atoms with E-state index in [2.05, 4.69) is 16.0 Å². The van der Waals surface area contributed by atoms with Crippen molar-refractivity contribution in [3.63, 3.8) is 0 Å². The molecule has 60 heavy (non-hydrogen) atoms. The van der Waals surface area contributed by atoms with Gasteiger partial charge in [-0.1, -0.05) is 0 Å². The quantitative estimate of drug-likeness (QED) is 0.194. The Morgan fingerprint density at radius 1 is 0.533 bits per heavy atom. The van der Waals surface area contributed by atoms with E-state index in [4.69, 9.17) is 66.3 Å². The molecule has 0 aromatic heterocycles. The first-order chi connectivity index (χ1) is 28.0. The summed E-state index contributed by atoms with van der Waals surface area (Å²) >= 11 is 0. The van der Waals surface area contributed by atoms with Crippen molar-refractivity contribution in [2.75, 3.05) is 28.4 Å². The van der Waals surface area contributed by atoms with Crippen LogP contribution in [-0.2, 0) is 80.7 Å². The summed E-state index contributed by atoms with van der Waals surface area (Å²) in [5, 5.41) is 8.61. The molecule has 15 atom stereocenters. The fourth-order valence-corrected chi connectivity index (χ4v) is 8.69. The molecule has 0 radical (unpaired) electrons. The van der Waals surface area contributed by atoms with Crippen LogP contribution in [0.4, 0.5) is 4.79 Å². The van der Waals surface area contributed by atoms with Crippen LogP contribution in [-0.4, -0.2) is 167 Å². The van der Waals surface area contributed by atoms with Crippen molar-refractivity contribution in [2.45, 2.75) is 196 Å². The number of hydrogen-bond donors (Lipinski definition) is 3. The van der Waals surface area contributed by atoms with Crippen LogP contribution >= 0.6 is 0 Å². The Morgan fingerprint density at radius 2 is 0.867 bits per heavy atom. The number of nitrogens with one attached hydrogen (secondary N) is 3. The van der Waals surface area contributed by atoms with E-state index in [1.807, 2.05) is 0 Å². The first kappa shape index (κ1) is 46.7. The van der Waals surface area contributed by atoms with Crippen molar-refractivity contribution >= 4 is 23.9 Å². The van der Waals surface area contributed by atoms with Crippen LogP contribution in [0.1, 0.15) is 81.6 Å². The summed E-state index contributed by atoms with van der Waals surface area (Å²) in [7, 11) is 5.62. The lowest BCUT2D eigenvalue weighted by atomic mass is 9.97. The monoisotopic (exact) mass is 861 g/mol. The van der Waals surface area contributed by atoms with Gasteiger partial charge in [-0.15, -0.1) is 0 Å². The summed E-state index contributed by atoms with van der Waals surface area (Å²) < 4.78 is 82.8. The van der Waals surface area contributed by atoms with E-state index in [9.17, 15) is 19.2 Å². The molecule has 6 heterocycles. The van der Waals surface area contributed by atoms with Crippen LogP contribution in [0.15, 0.2) is 0 Å². The largest absolute Gasteiger partial charge is 0.469 e. The number of methoxy groups -OCH3 is 4. The minimum atomic E-state index is -1.09. The Bertz CT molecular complexity index is 1570. The fraction of sp³-hybridized carbons (Fsp3) is 0.897. The first-order valence-electron chi connectivity index (χ1n) is 20.2. The van der Waals surface area contributed by atoms with Crippen molar-refractivity contribution in [1.82, 2.24) is 16.0 Å². The second-order valence-electron chi connectivity index (χ2n) is 18.1. The van der Waals surface area contributed by atoms with Crippen LogP contribution < -0.4 is 16.0 Å². The van der Waals surface area contributed by atoms with E-state index < -0.39 is 139 Å². The number of carbonyl (C=O) groups excluding carboxylic acids is 4. The molecule has 3 amide bonds. The normalized spacial score (nSPS) is 37.4. The van der Waals surface area contributed by atoms with Gasteiger partial charge in [-0.3, -0.25) is 14.4 Å². The van der Waals surface area contributed by atoms with Crippen LogP contribution in [0.5, 0.6) is 0 Å². The zero-order valence-electron chi connectivity index (χ0n) is 36.6.